The average molecular weight is 375 g/mol. The third kappa shape index (κ3) is 6.09. The maximum Gasteiger partial charge on any atom is 1.00 e. The van der Waals surface area contributed by atoms with Gasteiger partial charge in [0, 0.05) is 6.54 Å². The van der Waals surface area contributed by atoms with Crippen LogP contribution in [0.25, 0.3) is 0 Å². The number of carbonyl (C=O) groups excluding carboxylic acids is 2. The van der Waals surface area contributed by atoms with E-state index in [1.54, 1.807) is 0 Å². The minimum Gasteiger partial charge on any atom is -0.548 e. The van der Waals surface area contributed by atoms with Crippen LogP contribution in [0.2, 0.25) is 0 Å². The zero-order valence-corrected chi connectivity index (χ0v) is 16.8. The minimum atomic E-state index is -1.36. The van der Waals surface area contributed by atoms with E-state index in [9.17, 15) is 24.6 Å². The van der Waals surface area contributed by atoms with Crippen LogP contribution in [-0.2, 0) is 20.8 Å². The zero-order chi connectivity index (χ0) is 22.7. The fourth-order valence-electron chi connectivity index (χ4n) is 2.86. The molecule has 1 aliphatic heterocycles. The Bertz CT molecular complexity index is 843. The Balaban J connectivity index is 0.00000480. The predicted octanol–water partition coefficient (Wildman–Crippen LogP) is -3.20. The molecule has 136 valence electrons. The van der Waals surface area contributed by atoms with Gasteiger partial charge in [-0.2, -0.15) is 0 Å². The van der Waals surface area contributed by atoms with E-state index in [-0.39, 0.29) is 60.9 Å². The van der Waals surface area contributed by atoms with Crippen LogP contribution in [0.15, 0.2) is 30.2 Å². The average Bonchev–Trinajstić information content (AvgIpc) is 3.19. The molecule has 8 heteroatoms. The van der Waals surface area contributed by atoms with Crippen molar-refractivity contribution in [1.29, 1.82) is 0 Å². The molecule has 1 amide bonds. The number of likely N-dealkylation sites (tertiary alicyclic amines) is 1. The molecular weight excluding hydrogens is 347 g/mol. The number of carbonyl (C=O) groups is 3. The molecule has 7 nitrogen and oxygen atoms in total. The summed E-state index contributed by atoms with van der Waals surface area (Å²) in [6.07, 6.45) is 0.532. The Morgan fingerprint density at radius 3 is 2.62 bits per heavy atom. The molecule has 0 spiro atoms. The van der Waals surface area contributed by atoms with Crippen molar-refractivity contribution in [3.8, 4) is 0 Å². The molecule has 0 radical (unpaired) electrons. The second kappa shape index (κ2) is 10.7. The molecule has 1 aromatic rings. The number of hydrogen-bond donors (Lipinski definition) is 2. The van der Waals surface area contributed by atoms with Crippen molar-refractivity contribution >= 4 is 17.8 Å². The molecule has 0 unspecified atom stereocenters. The molecule has 3 atom stereocenters. The molecule has 26 heavy (non-hydrogen) atoms. The van der Waals surface area contributed by atoms with E-state index in [1.807, 2.05) is 0 Å². The van der Waals surface area contributed by atoms with Crippen LogP contribution in [0, 0.1) is 0 Å². The topological polar surface area (TPSA) is 110 Å². The SMILES string of the molecule is [2H]c1c([2H])c([2H])c(CC[C@@H](N[C@H](C)C(=O)N2CCC[C@@H]2C(=O)[O-])C(=O)O)c([2H])c1[2H].[Na+]. The third-order valence-corrected chi connectivity index (χ3v) is 4.16. The van der Waals surface area contributed by atoms with E-state index in [2.05, 4.69) is 5.32 Å². The summed E-state index contributed by atoms with van der Waals surface area (Å²) in [6, 6.07) is -5.62. The normalized spacial score (nSPS) is 21.3. The summed E-state index contributed by atoms with van der Waals surface area (Å²) in [5, 5.41) is 23.3. The largest absolute Gasteiger partial charge is 1.00 e. The molecule has 1 aromatic carbocycles. The molecule has 0 saturated carbocycles. The van der Waals surface area contributed by atoms with Gasteiger partial charge in [0.1, 0.15) is 6.04 Å². The molecule has 1 aliphatic rings. The van der Waals surface area contributed by atoms with Crippen molar-refractivity contribution in [2.75, 3.05) is 6.54 Å². The number of benzene rings is 1. The number of nitrogens with one attached hydrogen (secondary N) is 1. The van der Waals surface area contributed by atoms with Crippen LogP contribution < -0.4 is 40.0 Å². The molecule has 1 heterocycles. The molecular formula is C18H23N2NaO5. The first-order chi connectivity index (χ1) is 14.0. The number of amides is 1. The Morgan fingerprint density at radius 1 is 1.38 bits per heavy atom. The Kier molecular flexibility index (Phi) is 6.41. The first-order valence-corrected chi connectivity index (χ1v) is 8.03. The number of nitrogens with zero attached hydrogens (tertiary/aromatic N) is 1. The van der Waals surface area contributed by atoms with E-state index in [4.69, 9.17) is 6.85 Å². The first-order valence-electron chi connectivity index (χ1n) is 10.5. The van der Waals surface area contributed by atoms with Crippen molar-refractivity contribution in [1.82, 2.24) is 10.2 Å². The number of rotatable bonds is 8. The molecule has 2 rings (SSSR count). The van der Waals surface area contributed by atoms with Gasteiger partial charge in [0.2, 0.25) is 5.91 Å². The Morgan fingerprint density at radius 2 is 2.04 bits per heavy atom. The van der Waals surface area contributed by atoms with Crippen molar-refractivity contribution in [2.45, 2.75) is 50.7 Å². The monoisotopic (exact) mass is 375 g/mol. The summed E-state index contributed by atoms with van der Waals surface area (Å²) in [5.74, 6) is -3.19. The molecule has 1 fully saturated rings. The van der Waals surface area contributed by atoms with Crippen molar-refractivity contribution in [3.63, 3.8) is 0 Å². The number of carboxylic acids is 2. The van der Waals surface area contributed by atoms with Gasteiger partial charge in [0.25, 0.3) is 0 Å². The summed E-state index contributed by atoms with van der Waals surface area (Å²) in [7, 11) is 0. The van der Waals surface area contributed by atoms with Gasteiger partial charge < -0.3 is 19.9 Å². The van der Waals surface area contributed by atoms with Gasteiger partial charge in [-0.1, -0.05) is 30.2 Å². The van der Waals surface area contributed by atoms with Crippen LogP contribution in [0.1, 0.15) is 38.6 Å². The van der Waals surface area contributed by atoms with Crippen molar-refractivity contribution in [2.24, 2.45) is 0 Å². The fourth-order valence-corrected chi connectivity index (χ4v) is 2.86. The van der Waals surface area contributed by atoms with E-state index in [0.29, 0.717) is 6.42 Å². The molecule has 0 aliphatic carbocycles. The predicted molar refractivity (Wildman–Crippen MR) is 88.5 cm³/mol. The van der Waals surface area contributed by atoms with Crippen LogP contribution in [0.5, 0.6) is 0 Å². The van der Waals surface area contributed by atoms with E-state index in [0.717, 1.165) is 4.90 Å². The maximum atomic E-state index is 12.6. The smallest absolute Gasteiger partial charge is 0.548 e. The summed E-state index contributed by atoms with van der Waals surface area (Å²) < 4.78 is 38.8. The third-order valence-electron chi connectivity index (χ3n) is 4.16. The van der Waals surface area contributed by atoms with E-state index >= 15 is 0 Å². The minimum absolute atomic E-state index is 0. The second-order valence-electron chi connectivity index (χ2n) is 5.93. The van der Waals surface area contributed by atoms with Gasteiger partial charge in [-0.05, 0) is 38.2 Å². The number of carboxylic acid groups (broad SMARTS) is 2. The van der Waals surface area contributed by atoms with Crippen LogP contribution in [0.3, 0.4) is 0 Å². The number of hydrogen-bond acceptors (Lipinski definition) is 5. The van der Waals surface area contributed by atoms with Crippen LogP contribution in [-0.4, -0.2) is 52.5 Å². The van der Waals surface area contributed by atoms with Crippen LogP contribution in [0.4, 0.5) is 0 Å². The Labute approximate surface area is 182 Å². The molecule has 2 N–H and O–H groups in total. The van der Waals surface area contributed by atoms with E-state index < -0.39 is 66.2 Å². The van der Waals surface area contributed by atoms with Gasteiger partial charge in [0.05, 0.1) is 24.9 Å². The van der Waals surface area contributed by atoms with Gasteiger partial charge in [0.15, 0.2) is 0 Å². The van der Waals surface area contributed by atoms with Gasteiger partial charge >= 0.3 is 35.5 Å². The first kappa shape index (κ1) is 15.6. The summed E-state index contributed by atoms with van der Waals surface area (Å²) in [4.78, 5) is 36.5. The quantitative estimate of drug-likeness (QED) is 0.463. The Hall–Kier alpha value is -1.41. The maximum absolute atomic E-state index is 12.6. The summed E-state index contributed by atoms with van der Waals surface area (Å²) in [6.45, 7) is 1.66. The van der Waals surface area contributed by atoms with Gasteiger partial charge in [-0.3, -0.25) is 14.9 Å². The zero-order valence-electron chi connectivity index (χ0n) is 19.8. The van der Waals surface area contributed by atoms with Gasteiger partial charge in [-0.25, -0.2) is 0 Å². The molecule has 1 saturated heterocycles. The van der Waals surface area contributed by atoms with Crippen molar-refractivity contribution in [3.05, 3.63) is 35.8 Å². The molecule has 0 bridgehead atoms. The summed E-state index contributed by atoms with van der Waals surface area (Å²) >= 11 is 0. The summed E-state index contributed by atoms with van der Waals surface area (Å²) in [5.41, 5.74) is -0.00964. The van der Waals surface area contributed by atoms with Gasteiger partial charge in [-0.15, -0.1) is 0 Å². The van der Waals surface area contributed by atoms with Crippen LogP contribution >= 0.6 is 0 Å². The fraction of sp³-hybridized carbons (Fsp3) is 0.500. The number of aliphatic carboxylic acids is 2. The second-order valence-corrected chi connectivity index (χ2v) is 5.93. The van der Waals surface area contributed by atoms with Crippen molar-refractivity contribution < 1.29 is 61.0 Å². The standard InChI is InChI=1S/C18H24N2O5.Na/c1-12(16(21)20-11-5-8-15(20)18(24)25)19-14(17(22)23)10-9-13-6-3-2-4-7-13;/h2-4,6-7,12,14-15,19H,5,8-11H2,1H3,(H,22,23)(H,24,25);/q;+1/p-1/t12-,14-,15-;/m1./s1/i2D,3D,4D,6D,7D;. The molecule has 0 aromatic heterocycles. The van der Waals surface area contributed by atoms with E-state index in [1.165, 1.54) is 6.92 Å².